The summed E-state index contributed by atoms with van der Waals surface area (Å²) in [5.74, 6) is -1.60. The number of amides is 1. The van der Waals surface area contributed by atoms with Gasteiger partial charge in [-0.05, 0) is 24.6 Å². The minimum Gasteiger partial charge on any atom is -0.481 e. The van der Waals surface area contributed by atoms with Gasteiger partial charge in [-0.1, -0.05) is 60.3 Å². The number of carboxylic acids is 1. The van der Waals surface area contributed by atoms with Crippen molar-refractivity contribution in [2.75, 3.05) is 0 Å². The lowest BCUT2D eigenvalue weighted by molar-refractivity contribution is -0.139. The number of carboxylic acid groups (broad SMARTS) is 1. The second-order valence-electron chi connectivity index (χ2n) is 7.31. The van der Waals surface area contributed by atoms with Crippen molar-refractivity contribution < 1.29 is 14.7 Å². The molecule has 1 N–H and O–H groups in total. The second-order valence-corrected chi connectivity index (χ2v) is 8.48. The highest BCUT2D eigenvalue weighted by molar-refractivity contribution is 8.15. The minimum atomic E-state index is -1.10. The van der Waals surface area contributed by atoms with Gasteiger partial charge in [-0.3, -0.25) is 19.1 Å². The molecule has 0 bridgehead atoms. The average molecular weight is 464 g/mol. The van der Waals surface area contributed by atoms with Crippen molar-refractivity contribution >= 4 is 40.7 Å². The highest BCUT2D eigenvalue weighted by atomic mass is 32.2. The Morgan fingerprint density at radius 1 is 1.09 bits per heavy atom. The Labute approximate surface area is 193 Å². The van der Waals surface area contributed by atoms with Gasteiger partial charge < -0.3 is 5.11 Å². The Bertz CT molecular complexity index is 1310. The fourth-order valence-electron chi connectivity index (χ4n) is 3.37. The Morgan fingerprint density at radius 3 is 2.36 bits per heavy atom. The van der Waals surface area contributed by atoms with Gasteiger partial charge in [-0.25, -0.2) is 9.67 Å². The number of nitrogens with zero attached hydrogens (tertiary/aromatic N) is 5. The average Bonchev–Trinajstić information content (AvgIpc) is 3.21. The molecule has 1 atom stereocenters. The topological polar surface area (TPSA) is 109 Å². The molecular formula is C23H21N5O4S. The summed E-state index contributed by atoms with van der Waals surface area (Å²) in [4.78, 5) is 41.8. The number of carbonyl (C=O) groups is 2. The molecule has 168 valence electrons. The summed E-state index contributed by atoms with van der Waals surface area (Å²) < 4.78 is 3.17. The molecule has 4 rings (SSSR count). The lowest BCUT2D eigenvalue weighted by Crippen LogP contribution is -2.28. The van der Waals surface area contributed by atoms with E-state index < -0.39 is 17.1 Å². The van der Waals surface area contributed by atoms with Gasteiger partial charge in [0.2, 0.25) is 0 Å². The number of carbonyl (C=O) groups excluding carboxylic acids is 1. The molecule has 3 aromatic rings. The van der Waals surface area contributed by atoms with Crippen LogP contribution in [0, 0.1) is 6.92 Å². The molecule has 1 amide bonds. The maximum absolute atomic E-state index is 13.2. The third-order valence-electron chi connectivity index (χ3n) is 5.13. The second kappa shape index (κ2) is 9.29. The van der Waals surface area contributed by atoms with E-state index in [0.29, 0.717) is 11.4 Å². The molecule has 10 heteroatoms. The number of aliphatic carboxylic acids is 1. The highest BCUT2D eigenvalue weighted by Crippen LogP contribution is 2.32. The zero-order valence-corrected chi connectivity index (χ0v) is 18.8. The van der Waals surface area contributed by atoms with Crippen LogP contribution in [-0.4, -0.2) is 48.0 Å². The number of aromatic nitrogens is 2. The fraction of sp³-hybridized carbons (Fsp3) is 0.174. The first-order valence-corrected chi connectivity index (χ1v) is 11.0. The van der Waals surface area contributed by atoms with Crippen molar-refractivity contribution in [2.45, 2.75) is 18.6 Å². The Kier molecular flexibility index (Phi) is 6.27. The normalized spacial score (nSPS) is 17.4. The summed E-state index contributed by atoms with van der Waals surface area (Å²) in [5.41, 5.74) is 1.84. The zero-order valence-electron chi connectivity index (χ0n) is 18.0. The zero-order chi connectivity index (χ0) is 23.5. The van der Waals surface area contributed by atoms with E-state index in [2.05, 4.69) is 10.1 Å². The Balaban J connectivity index is 1.77. The van der Waals surface area contributed by atoms with E-state index in [1.807, 2.05) is 60.7 Å². The molecule has 2 heterocycles. The first-order chi connectivity index (χ1) is 15.9. The maximum atomic E-state index is 13.2. The number of hydrazone groups is 1. The number of rotatable bonds is 6. The third kappa shape index (κ3) is 4.51. The van der Waals surface area contributed by atoms with Crippen LogP contribution in [0.25, 0.3) is 5.69 Å². The summed E-state index contributed by atoms with van der Waals surface area (Å²) in [6, 6.07) is 18.3. The van der Waals surface area contributed by atoms with Crippen LogP contribution < -0.4 is 5.56 Å². The summed E-state index contributed by atoms with van der Waals surface area (Å²) in [6.07, 6.45) is 1.12. The van der Waals surface area contributed by atoms with Crippen molar-refractivity contribution in [3.63, 3.8) is 0 Å². The van der Waals surface area contributed by atoms with Gasteiger partial charge in [-0.15, -0.1) is 0 Å². The molecule has 9 nitrogen and oxygen atoms in total. The lowest BCUT2D eigenvalue weighted by Gasteiger charge is -2.09. The van der Waals surface area contributed by atoms with Crippen LogP contribution in [0.4, 0.5) is 5.69 Å². The minimum absolute atomic E-state index is 0.157. The van der Waals surface area contributed by atoms with Crippen LogP contribution in [0.5, 0.6) is 0 Å². The van der Waals surface area contributed by atoms with Gasteiger partial charge in [-0.2, -0.15) is 10.1 Å². The fourth-order valence-corrected chi connectivity index (χ4v) is 4.43. The molecule has 1 aliphatic heterocycles. The van der Waals surface area contributed by atoms with Gasteiger partial charge in [0, 0.05) is 7.05 Å². The number of benzene rings is 2. The van der Waals surface area contributed by atoms with Gasteiger partial charge >= 0.3 is 5.97 Å². The molecule has 1 aromatic heterocycles. The predicted octanol–water partition coefficient (Wildman–Crippen LogP) is 2.92. The summed E-state index contributed by atoms with van der Waals surface area (Å²) >= 11 is 0.988. The van der Waals surface area contributed by atoms with Crippen LogP contribution in [0.1, 0.15) is 17.7 Å². The molecule has 0 radical (unpaired) electrons. The Hall–Kier alpha value is -3.92. The largest absolute Gasteiger partial charge is 0.481 e. The number of para-hydroxylation sites is 1. The van der Waals surface area contributed by atoms with Crippen molar-refractivity contribution in [1.29, 1.82) is 0 Å². The SMILES string of the molecule is Cc1c(N=C2S[C@H](CC(=O)O)C(=O)N2/N=C\c2ccccc2)c(=O)n(-c2ccccc2)n1C. The van der Waals surface area contributed by atoms with Crippen LogP contribution >= 0.6 is 11.8 Å². The van der Waals surface area contributed by atoms with Gasteiger partial charge in [0.25, 0.3) is 11.5 Å². The Morgan fingerprint density at radius 2 is 1.73 bits per heavy atom. The molecule has 1 aliphatic rings. The van der Waals surface area contributed by atoms with E-state index in [0.717, 1.165) is 22.3 Å². The lowest BCUT2D eigenvalue weighted by atomic mass is 10.2. The number of aliphatic imine (C=N–C) groups is 1. The number of amidine groups is 1. The molecule has 0 aliphatic carbocycles. The summed E-state index contributed by atoms with van der Waals surface area (Å²) in [5, 5.41) is 13.8. The first-order valence-electron chi connectivity index (χ1n) is 10.1. The van der Waals surface area contributed by atoms with Crippen LogP contribution in [-0.2, 0) is 16.6 Å². The van der Waals surface area contributed by atoms with E-state index in [9.17, 15) is 19.5 Å². The van der Waals surface area contributed by atoms with Crippen LogP contribution in [0.15, 0.2) is 75.6 Å². The van der Waals surface area contributed by atoms with Crippen molar-refractivity contribution in [2.24, 2.45) is 17.1 Å². The van der Waals surface area contributed by atoms with Crippen LogP contribution in [0.2, 0.25) is 0 Å². The molecule has 33 heavy (non-hydrogen) atoms. The van der Waals surface area contributed by atoms with Gasteiger partial charge in [0.05, 0.1) is 24.0 Å². The summed E-state index contributed by atoms with van der Waals surface area (Å²) in [7, 11) is 1.75. The predicted molar refractivity (Wildman–Crippen MR) is 127 cm³/mol. The molecule has 0 saturated carbocycles. The van der Waals surface area contributed by atoms with Crippen molar-refractivity contribution in [1.82, 2.24) is 14.4 Å². The molecule has 0 unspecified atom stereocenters. The molecule has 1 saturated heterocycles. The summed E-state index contributed by atoms with van der Waals surface area (Å²) in [6.45, 7) is 1.76. The molecule has 0 spiro atoms. The standard InChI is InChI=1S/C23H21N5O4S/c1-15-20(22(32)28(26(15)2)17-11-7-4-8-12-17)25-23-27(21(31)18(33-23)13-19(29)30)24-14-16-9-5-3-6-10-16/h3-12,14,18H,13H2,1-2H3,(H,29,30)/b24-14-,25-23?/t18-/m1/s1. The third-order valence-corrected chi connectivity index (χ3v) is 6.25. The number of hydrogen-bond donors (Lipinski definition) is 1. The van der Waals surface area contributed by atoms with E-state index in [-0.39, 0.29) is 22.8 Å². The molecule has 1 fully saturated rings. The molecule has 2 aromatic carbocycles. The number of hydrogen-bond acceptors (Lipinski definition) is 6. The number of thioether (sulfide) groups is 1. The van der Waals surface area contributed by atoms with Crippen LogP contribution in [0.3, 0.4) is 0 Å². The smallest absolute Gasteiger partial charge is 0.305 e. The molecular weight excluding hydrogens is 442 g/mol. The quantitative estimate of drug-likeness (QED) is 0.566. The van der Waals surface area contributed by atoms with E-state index in [1.165, 1.54) is 10.9 Å². The van der Waals surface area contributed by atoms with Crippen molar-refractivity contribution in [3.05, 3.63) is 82.3 Å². The van der Waals surface area contributed by atoms with Gasteiger partial charge in [0.1, 0.15) is 5.25 Å². The highest BCUT2D eigenvalue weighted by Gasteiger charge is 2.40. The first kappa shape index (κ1) is 22.3. The van der Waals surface area contributed by atoms with Gasteiger partial charge in [0.15, 0.2) is 10.9 Å². The van der Waals surface area contributed by atoms with E-state index >= 15 is 0 Å². The van der Waals surface area contributed by atoms with E-state index in [1.54, 1.807) is 18.7 Å². The maximum Gasteiger partial charge on any atom is 0.305 e. The van der Waals surface area contributed by atoms with E-state index in [4.69, 9.17) is 0 Å². The monoisotopic (exact) mass is 463 g/mol. The van der Waals surface area contributed by atoms with Crippen molar-refractivity contribution in [3.8, 4) is 5.69 Å².